The minimum absolute atomic E-state index is 0.208. The van der Waals surface area contributed by atoms with Gasteiger partial charge in [0.05, 0.1) is 24.1 Å². The van der Waals surface area contributed by atoms with Crippen LogP contribution in [0.4, 0.5) is 5.69 Å². The first kappa shape index (κ1) is 16.1. The van der Waals surface area contributed by atoms with Gasteiger partial charge in [-0.3, -0.25) is 9.78 Å². The summed E-state index contributed by atoms with van der Waals surface area (Å²) in [5.41, 5.74) is 2.21. The summed E-state index contributed by atoms with van der Waals surface area (Å²) >= 11 is 6.13. The van der Waals surface area contributed by atoms with E-state index in [9.17, 15) is 4.79 Å². The lowest BCUT2D eigenvalue weighted by atomic mass is 10.2. The van der Waals surface area contributed by atoms with Crippen LogP contribution in [0.15, 0.2) is 65.5 Å². The van der Waals surface area contributed by atoms with E-state index < -0.39 is 0 Å². The van der Waals surface area contributed by atoms with Crippen LogP contribution in [0.25, 0.3) is 0 Å². The Hall–Kier alpha value is -2.79. The van der Waals surface area contributed by atoms with E-state index in [4.69, 9.17) is 16.0 Å². The van der Waals surface area contributed by atoms with Crippen LogP contribution in [0, 0.1) is 0 Å². The summed E-state index contributed by atoms with van der Waals surface area (Å²) in [4.78, 5) is 16.3. The summed E-state index contributed by atoms with van der Waals surface area (Å²) in [5.74, 6) is 0.490. The number of rotatable bonds is 6. The third-order valence-corrected chi connectivity index (χ3v) is 3.81. The Morgan fingerprint density at radius 2 is 2.00 bits per heavy atom. The van der Waals surface area contributed by atoms with Crippen LogP contribution in [0.5, 0.6) is 0 Å². The Labute approximate surface area is 144 Å². The Morgan fingerprint density at radius 1 is 1.12 bits per heavy atom. The lowest BCUT2D eigenvalue weighted by Crippen LogP contribution is -2.22. The molecular formula is C18H16ClN3O2. The van der Waals surface area contributed by atoms with Crippen molar-refractivity contribution in [1.29, 1.82) is 0 Å². The first-order valence-corrected chi connectivity index (χ1v) is 7.83. The molecule has 0 spiro atoms. The molecule has 2 aromatic heterocycles. The van der Waals surface area contributed by atoms with Gasteiger partial charge in [0.25, 0.3) is 5.91 Å². The second-order valence-corrected chi connectivity index (χ2v) is 5.58. The highest BCUT2D eigenvalue weighted by atomic mass is 35.5. The number of amides is 1. The molecule has 0 bridgehead atoms. The van der Waals surface area contributed by atoms with Crippen molar-refractivity contribution in [3.05, 3.63) is 83.0 Å². The molecule has 6 heteroatoms. The van der Waals surface area contributed by atoms with Crippen molar-refractivity contribution in [3.8, 4) is 0 Å². The normalized spacial score (nSPS) is 10.4. The summed E-state index contributed by atoms with van der Waals surface area (Å²) in [7, 11) is 0. The molecule has 0 radical (unpaired) electrons. The number of aromatic nitrogens is 1. The van der Waals surface area contributed by atoms with E-state index in [1.807, 2.05) is 24.3 Å². The molecule has 0 aliphatic rings. The monoisotopic (exact) mass is 341 g/mol. The van der Waals surface area contributed by atoms with E-state index in [0.29, 0.717) is 29.4 Å². The Morgan fingerprint density at radius 3 is 2.79 bits per heavy atom. The topological polar surface area (TPSA) is 67.2 Å². The van der Waals surface area contributed by atoms with Gasteiger partial charge in [0.2, 0.25) is 0 Å². The van der Waals surface area contributed by atoms with Crippen LogP contribution in [0.2, 0.25) is 5.02 Å². The number of pyridine rings is 1. The van der Waals surface area contributed by atoms with E-state index in [-0.39, 0.29) is 5.91 Å². The largest absolute Gasteiger partial charge is 0.467 e. The number of furan rings is 1. The van der Waals surface area contributed by atoms with Crippen molar-refractivity contribution < 1.29 is 9.21 Å². The molecule has 3 aromatic rings. The van der Waals surface area contributed by atoms with Gasteiger partial charge in [-0.05, 0) is 29.8 Å². The van der Waals surface area contributed by atoms with Crippen molar-refractivity contribution in [3.63, 3.8) is 0 Å². The molecule has 5 nitrogen and oxygen atoms in total. The maximum absolute atomic E-state index is 12.2. The molecule has 1 aromatic carbocycles. The average molecular weight is 342 g/mol. The van der Waals surface area contributed by atoms with Crippen LogP contribution >= 0.6 is 11.6 Å². The highest BCUT2D eigenvalue weighted by Gasteiger charge is 2.08. The van der Waals surface area contributed by atoms with Gasteiger partial charge in [0.15, 0.2) is 0 Å². The molecule has 0 aliphatic carbocycles. The molecule has 0 saturated carbocycles. The van der Waals surface area contributed by atoms with Crippen LogP contribution in [0.3, 0.4) is 0 Å². The summed E-state index contributed by atoms with van der Waals surface area (Å²) in [6.45, 7) is 0.891. The molecule has 0 aliphatic heterocycles. The lowest BCUT2D eigenvalue weighted by molar-refractivity contribution is 0.0947. The first-order chi connectivity index (χ1) is 11.7. The molecule has 122 valence electrons. The SMILES string of the molecule is O=C(NCc1ccco1)c1cncc(NCc2ccccc2Cl)c1. The van der Waals surface area contributed by atoms with Gasteiger partial charge in [0, 0.05) is 24.0 Å². The van der Waals surface area contributed by atoms with E-state index in [0.717, 1.165) is 11.3 Å². The van der Waals surface area contributed by atoms with Gasteiger partial charge in [-0.15, -0.1) is 0 Å². The number of hydrogen-bond donors (Lipinski definition) is 2. The minimum Gasteiger partial charge on any atom is -0.467 e. The zero-order chi connectivity index (χ0) is 16.8. The summed E-state index contributed by atoms with van der Waals surface area (Å²) in [6.07, 6.45) is 4.76. The first-order valence-electron chi connectivity index (χ1n) is 7.45. The molecule has 3 rings (SSSR count). The standard InChI is InChI=1S/C18H16ClN3O2/c19-17-6-2-1-4-13(17)10-21-15-8-14(9-20-11-15)18(23)22-12-16-5-3-7-24-16/h1-9,11,21H,10,12H2,(H,22,23). The fourth-order valence-electron chi connectivity index (χ4n) is 2.18. The van der Waals surface area contributed by atoms with Crippen LogP contribution in [-0.2, 0) is 13.1 Å². The highest BCUT2D eigenvalue weighted by molar-refractivity contribution is 6.31. The molecule has 0 unspecified atom stereocenters. The van der Waals surface area contributed by atoms with Gasteiger partial charge >= 0.3 is 0 Å². The molecule has 0 saturated heterocycles. The second-order valence-electron chi connectivity index (χ2n) is 5.17. The fraction of sp³-hybridized carbons (Fsp3) is 0.111. The number of halogens is 1. The average Bonchev–Trinajstić information content (AvgIpc) is 3.13. The quantitative estimate of drug-likeness (QED) is 0.714. The van der Waals surface area contributed by atoms with Crippen molar-refractivity contribution in [2.24, 2.45) is 0 Å². The maximum Gasteiger partial charge on any atom is 0.253 e. The number of carbonyl (C=O) groups excluding carboxylic acids is 1. The molecule has 24 heavy (non-hydrogen) atoms. The molecule has 0 atom stereocenters. The zero-order valence-corrected chi connectivity index (χ0v) is 13.6. The van der Waals surface area contributed by atoms with Crippen LogP contribution in [-0.4, -0.2) is 10.9 Å². The number of anilines is 1. The third kappa shape index (κ3) is 4.14. The maximum atomic E-state index is 12.2. The Balaban J connectivity index is 1.61. The van der Waals surface area contributed by atoms with Gasteiger partial charge in [-0.2, -0.15) is 0 Å². The van der Waals surface area contributed by atoms with Crippen molar-refractivity contribution in [1.82, 2.24) is 10.3 Å². The minimum atomic E-state index is -0.208. The lowest BCUT2D eigenvalue weighted by Gasteiger charge is -2.09. The number of benzene rings is 1. The molecule has 2 heterocycles. The van der Waals surface area contributed by atoms with Crippen molar-refractivity contribution >= 4 is 23.2 Å². The number of hydrogen-bond acceptors (Lipinski definition) is 4. The van der Waals surface area contributed by atoms with Crippen molar-refractivity contribution in [2.75, 3.05) is 5.32 Å². The predicted molar refractivity (Wildman–Crippen MR) is 92.9 cm³/mol. The van der Waals surface area contributed by atoms with E-state index >= 15 is 0 Å². The van der Waals surface area contributed by atoms with E-state index in [1.165, 1.54) is 6.20 Å². The number of nitrogens with one attached hydrogen (secondary N) is 2. The fourth-order valence-corrected chi connectivity index (χ4v) is 2.39. The van der Waals surface area contributed by atoms with Gasteiger partial charge in [-0.1, -0.05) is 29.8 Å². The zero-order valence-electron chi connectivity index (χ0n) is 12.8. The van der Waals surface area contributed by atoms with Gasteiger partial charge in [0.1, 0.15) is 5.76 Å². The van der Waals surface area contributed by atoms with E-state index in [1.54, 1.807) is 30.7 Å². The van der Waals surface area contributed by atoms with E-state index in [2.05, 4.69) is 15.6 Å². The summed E-state index contributed by atoms with van der Waals surface area (Å²) in [5, 5.41) is 6.71. The van der Waals surface area contributed by atoms with Crippen LogP contribution in [0.1, 0.15) is 21.7 Å². The van der Waals surface area contributed by atoms with Crippen molar-refractivity contribution in [2.45, 2.75) is 13.1 Å². The highest BCUT2D eigenvalue weighted by Crippen LogP contribution is 2.17. The third-order valence-electron chi connectivity index (χ3n) is 3.44. The number of nitrogens with zero attached hydrogens (tertiary/aromatic N) is 1. The Bertz CT molecular complexity index is 819. The Kier molecular flexibility index (Phi) is 5.13. The number of carbonyl (C=O) groups is 1. The molecule has 2 N–H and O–H groups in total. The van der Waals surface area contributed by atoms with Gasteiger partial charge < -0.3 is 15.1 Å². The molecular weight excluding hydrogens is 326 g/mol. The predicted octanol–water partition coefficient (Wildman–Crippen LogP) is 3.87. The molecule has 0 fully saturated rings. The second kappa shape index (κ2) is 7.66. The van der Waals surface area contributed by atoms with Gasteiger partial charge in [-0.25, -0.2) is 0 Å². The smallest absolute Gasteiger partial charge is 0.253 e. The summed E-state index contributed by atoms with van der Waals surface area (Å²) < 4.78 is 5.19. The summed E-state index contributed by atoms with van der Waals surface area (Å²) in [6, 6.07) is 12.9. The van der Waals surface area contributed by atoms with Crippen LogP contribution < -0.4 is 10.6 Å². The molecule has 1 amide bonds.